The maximum Gasteiger partial charge on any atom is 0.246 e. The highest BCUT2D eigenvalue weighted by Gasteiger charge is 2.22. The van der Waals surface area contributed by atoms with Gasteiger partial charge in [0.25, 0.3) is 0 Å². The molecule has 1 aromatic carbocycles. The number of rotatable bonds is 6. The quantitative estimate of drug-likeness (QED) is 0.798. The van der Waals surface area contributed by atoms with Crippen LogP contribution in [0.5, 0.6) is 11.5 Å². The molecular formula is C16H21ClN4O4. The van der Waals surface area contributed by atoms with Gasteiger partial charge < -0.3 is 24.6 Å². The Morgan fingerprint density at radius 3 is 2.84 bits per heavy atom. The molecule has 9 heteroatoms. The molecule has 3 rings (SSSR count). The Morgan fingerprint density at radius 1 is 1.36 bits per heavy atom. The smallest absolute Gasteiger partial charge is 0.246 e. The van der Waals surface area contributed by atoms with Crippen LogP contribution in [0.4, 0.5) is 0 Å². The van der Waals surface area contributed by atoms with Gasteiger partial charge in [-0.2, -0.15) is 4.98 Å². The van der Waals surface area contributed by atoms with Gasteiger partial charge >= 0.3 is 0 Å². The Bertz CT molecular complexity index is 716. The molecule has 2 heterocycles. The second-order valence-electron chi connectivity index (χ2n) is 5.45. The molecule has 1 unspecified atom stereocenters. The third-order valence-corrected chi connectivity index (χ3v) is 3.90. The van der Waals surface area contributed by atoms with Crippen molar-refractivity contribution in [2.75, 3.05) is 20.8 Å². The first-order valence-electron chi connectivity index (χ1n) is 7.77. The fourth-order valence-electron chi connectivity index (χ4n) is 2.61. The summed E-state index contributed by atoms with van der Waals surface area (Å²) >= 11 is 0. The van der Waals surface area contributed by atoms with Crippen molar-refractivity contribution in [2.45, 2.75) is 25.4 Å². The van der Waals surface area contributed by atoms with E-state index >= 15 is 0 Å². The van der Waals surface area contributed by atoms with Crippen molar-refractivity contribution in [3.63, 3.8) is 0 Å². The third kappa shape index (κ3) is 4.40. The SMILES string of the molecule is COc1ccc(-c2noc(CNC(=O)C3CCCN3)n2)cc1OC.Cl. The van der Waals surface area contributed by atoms with E-state index in [-0.39, 0.29) is 30.9 Å². The summed E-state index contributed by atoms with van der Waals surface area (Å²) in [6.07, 6.45) is 1.87. The monoisotopic (exact) mass is 368 g/mol. The molecule has 25 heavy (non-hydrogen) atoms. The standard InChI is InChI=1S/C16H20N4O4.ClH/c1-22-12-6-5-10(8-13(12)23-2)15-19-14(24-20-15)9-18-16(21)11-4-3-7-17-11;/h5-6,8,11,17H,3-4,7,9H2,1-2H3,(H,18,21);1H. The molecule has 2 aromatic rings. The van der Waals surface area contributed by atoms with E-state index in [0.717, 1.165) is 24.9 Å². The van der Waals surface area contributed by atoms with E-state index in [9.17, 15) is 4.79 Å². The van der Waals surface area contributed by atoms with Gasteiger partial charge in [0.05, 0.1) is 26.8 Å². The zero-order valence-electron chi connectivity index (χ0n) is 14.1. The van der Waals surface area contributed by atoms with E-state index in [1.165, 1.54) is 0 Å². The first kappa shape index (κ1) is 19.0. The van der Waals surface area contributed by atoms with E-state index in [1.807, 2.05) is 6.07 Å². The molecule has 0 radical (unpaired) electrons. The van der Waals surface area contributed by atoms with Gasteiger partial charge in [-0.25, -0.2) is 0 Å². The minimum Gasteiger partial charge on any atom is -0.493 e. The van der Waals surface area contributed by atoms with Crippen molar-refractivity contribution in [1.82, 2.24) is 20.8 Å². The highest BCUT2D eigenvalue weighted by atomic mass is 35.5. The number of methoxy groups -OCH3 is 2. The summed E-state index contributed by atoms with van der Waals surface area (Å²) in [5, 5.41) is 9.89. The molecule has 0 aliphatic carbocycles. The maximum absolute atomic E-state index is 12.0. The van der Waals surface area contributed by atoms with Crippen LogP contribution in [0, 0.1) is 0 Å². The number of hydrogen-bond acceptors (Lipinski definition) is 7. The first-order valence-corrected chi connectivity index (χ1v) is 7.77. The second kappa shape index (κ2) is 8.68. The Hall–Kier alpha value is -2.32. The number of hydrogen-bond donors (Lipinski definition) is 2. The van der Waals surface area contributed by atoms with Crippen molar-refractivity contribution < 1.29 is 18.8 Å². The molecule has 1 aliphatic heterocycles. The first-order chi connectivity index (χ1) is 11.7. The molecule has 8 nitrogen and oxygen atoms in total. The Kier molecular flexibility index (Phi) is 6.60. The molecule has 1 fully saturated rings. The van der Waals surface area contributed by atoms with Gasteiger partial charge in [0.15, 0.2) is 11.5 Å². The lowest BCUT2D eigenvalue weighted by molar-refractivity contribution is -0.123. The molecule has 1 saturated heterocycles. The summed E-state index contributed by atoms with van der Waals surface area (Å²) in [6.45, 7) is 1.08. The molecule has 0 bridgehead atoms. The predicted octanol–water partition coefficient (Wildman–Crippen LogP) is 1.54. The van der Waals surface area contributed by atoms with E-state index in [4.69, 9.17) is 14.0 Å². The zero-order valence-corrected chi connectivity index (χ0v) is 14.9. The lowest BCUT2D eigenvalue weighted by Crippen LogP contribution is -2.40. The Labute approximate surface area is 151 Å². The van der Waals surface area contributed by atoms with Crippen LogP contribution in [-0.2, 0) is 11.3 Å². The summed E-state index contributed by atoms with van der Waals surface area (Å²) < 4.78 is 15.7. The molecule has 1 amide bonds. The number of ether oxygens (including phenoxy) is 2. The minimum atomic E-state index is -0.127. The summed E-state index contributed by atoms with van der Waals surface area (Å²) in [5.41, 5.74) is 0.742. The lowest BCUT2D eigenvalue weighted by atomic mass is 10.2. The number of carbonyl (C=O) groups is 1. The summed E-state index contributed by atoms with van der Waals surface area (Å²) in [6, 6.07) is 5.24. The van der Waals surface area contributed by atoms with Crippen molar-refractivity contribution in [1.29, 1.82) is 0 Å². The highest BCUT2D eigenvalue weighted by Crippen LogP contribution is 2.31. The number of carbonyl (C=O) groups excluding carboxylic acids is 1. The van der Waals surface area contributed by atoms with E-state index in [0.29, 0.717) is 23.2 Å². The van der Waals surface area contributed by atoms with Crippen LogP contribution in [0.15, 0.2) is 22.7 Å². The van der Waals surface area contributed by atoms with Gasteiger partial charge in [-0.15, -0.1) is 12.4 Å². The lowest BCUT2D eigenvalue weighted by Gasteiger charge is -2.08. The zero-order chi connectivity index (χ0) is 16.9. The fourth-order valence-corrected chi connectivity index (χ4v) is 2.61. The number of aromatic nitrogens is 2. The number of benzene rings is 1. The van der Waals surface area contributed by atoms with Crippen molar-refractivity contribution in [3.05, 3.63) is 24.1 Å². The van der Waals surface area contributed by atoms with Crippen LogP contribution in [0.25, 0.3) is 11.4 Å². The normalized spacial score (nSPS) is 16.2. The minimum absolute atomic E-state index is 0. The topological polar surface area (TPSA) is 98.5 Å². The van der Waals surface area contributed by atoms with E-state index in [2.05, 4.69) is 20.8 Å². The number of nitrogens with one attached hydrogen (secondary N) is 2. The molecule has 136 valence electrons. The van der Waals surface area contributed by atoms with Gasteiger partial charge in [0.1, 0.15) is 0 Å². The van der Waals surface area contributed by atoms with Crippen LogP contribution in [0.2, 0.25) is 0 Å². The molecule has 0 saturated carbocycles. The van der Waals surface area contributed by atoms with Crippen LogP contribution in [0.1, 0.15) is 18.7 Å². The summed E-state index contributed by atoms with van der Waals surface area (Å²) in [7, 11) is 3.14. The van der Waals surface area contributed by atoms with Crippen LogP contribution in [-0.4, -0.2) is 42.9 Å². The van der Waals surface area contributed by atoms with Gasteiger partial charge in [0, 0.05) is 5.56 Å². The van der Waals surface area contributed by atoms with E-state index < -0.39 is 0 Å². The average molecular weight is 369 g/mol. The summed E-state index contributed by atoms with van der Waals surface area (Å²) in [5.74, 6) is 1.95. The highest BCUT2D eigenvalue weighted by molar-refractivity contribution is 5.85. The van der Waals surface area contributed by atoms with Crippen LogP contribution < -0.4 is 20.1 Å². The fraction of sp³-hybridized carbons (Fsp3) is 0.438. The van der Waals surface area contributed by atoms with Crippen molar-refractivity contribution in [2.24, 2.45) is 0 Å². The van der Waals surface area contributed by atoms with Gasteiger partial charge in [-0.05, 0) is 37.6 Å². The van der Waals surface area contributed by atoms with E-state index in [1.54, 1.807) is 26.4 Å². The largest absolute Gasteiger partial charge is 0.493 e. The van der Waals surface area contributed by atoms with Gasteiger partial charge in [-0.1, -0.05) is 5.16 Å². The third-order valence-electron chi connectivity index (χ3n) is 3.90. The Morgan fingerprint density at radius 2 is 2.16 bits per heavy atom. The maximum atomic E-state index is 12.0. The number of halogens is 1. The van der Waals surface area contributed by atoms with Crippen molar-refractivity contribution >= 4 is 18.3 Å². The second-order valence-corrected chi connectivity index (χ2v) is 5.45. The molecule has 1 atom stereocenters. The molecular weight excluding hydrogens is 348 g/mol. The van der Waals surface area contributed by atoms with Gasteiger partial charge in [0.2, 0.25) is 17.6 Å². The molecule has 0 spiro atoms. The van der Waals surface area contributed by atoms with Gasteiger partial charge in [-0.3, -0.25) is 4.79 Å². The number of nitrogens with zero attached hydrogens (tertiary/aromatic N) is 2. The van der Waals surface area contributed by atoms with Crippen LogP contribution in [0.3, 0.4) is 0 Å². The molecule has 2 N–H and O–H groups in total. The molecule has 1 aliphatic rings. The number of amides is 1. The predicted molar refractivity (Wildman–Crippen MR) is 93.0 cm³/mol. The average Bonchev–Trinajstić information content (AvgIpc) is 3.30. The summed E-state index contributed by atoms with van der Waals surface area (Å²) in [4.78, 5) is 16.3. The molecule has 1 aromatic heterocycles. The van der Waals surface area contributed by atoms with Crippen LogP contribution >= 0.6 is 12.4 Å². The Balaban J connectivity index is 0.00000225. The van der Waals surface area contributed by atoms with Crippen molar-refractivity contribution in [3.8, 4) is 22.9 Å².